The molecule has 3 nitrogen and oxygen atoms in total. The summed E-state index contributed by atoms with van der Waals surface area (Å²) in [4.78, 5) is 20.5. The van der Waals surface area contributed by atoms with Crippen molar-refractivity contribution in [2.24, 2.45) is 11.8 Å². The molecule has 0 bridgehead atoms. The second kappa shape index (κ2) is 6.11. The van der Waals surface area contributed by atoms with Crippen molar-refractivity contribution in [3.05, 3.63) is 0 Å². The maximum atomic E-state index is 10.7. The molecule has 76 valence electrons. The van der Waals surface area contributed by atoms with Crippen LogP contribution in [-0.4, -0.2) is 19.5 Å². The first kappa shape index (κ1) is 10.7. The second-order valence-corrected chi connectivity index (χ2v) is 3.54. The van der Waals surface area contributed by atoms with E-state index in [-0.39, 0.29) is 5.92 Å². The van der Waals surface area contributed by atoms with Gasteiger partial charge in [-0.15, -0.1) is 0 Å². The minimum absolute atomic E-state index is 0.189. The van der Waals surface area contributed by atoms with E-state index in [4.69, 9.17) is 9.78 Å². The van der Waals surface area contributed by atoms with Gasteiger partial charge in [0, 0.05) is 5.92 Å². The summed E-state index contributed by atoms with van der Waals surface area (Å²) in [6, 6.07) is 0. The number of hydrogen-bond donors (Lipinski definition) is 0. The molecule has 1 aliphatic carbocycles. The van der Waals surface area contributed by atoms with Crippen molar-refractivity contribution in [3.63, 3.8) is 0 Å². The summed E-state index contributed by atoms with van der Waals surface area (Å²) in [5.41, 5.74) is 0. The van der Waals surface area contributed by atoms with Crippen molar-refractivity contribution < 1.29 is 14.6 Å². The highest BCUT2D eigenvalue weighted by atomic mass is 17.2. The Labute approximate surface area is 79.3 Å². The molecule has 0 aromatic rings. The zero-order chi connectivity index (χ0) is 9.52. The fourth-order valence-corrected chi connectivity index (χ4v) is 1.84. The molecule has 0 N–H and O–H groups in total. The topological polar surface area (TPSA) is 35.5 Å². The lowest BCUT2D eigenvalue weighted by molar-refractivity contribution is -0.300. The van der Waals surface area contributed by atoms with Gasteiger partial charge < -0.3 is 4.79 Å². The smallest absolute Gasteiger partial charge is 0.123 e. The third-order valence-corrected chi connectivity index (χ3v) is 2.63. The molecule has 13 heavy (non-hydrogen) atoms. The molecule has 0 heterocycles. The van der Waals surface area contributed by atoms with E-state index in [2.05, 4.69) is 0 Å². The van der Waals surface area contributed by atoms with Gasteiger partial charge in [-0.1, -0.05) is 12.8 Å². The average molecular weight is 186 g/mol. The lowest BCUT2D eigenvalue weighted by Crippen LogP contribution is -2.25. The largest absolute Gasteiger partial charge is 0.303 e. The van der Waals surface area contributed by atoms with Crippen LogP contribution < -0.4 is 0 Å². The van der Waals surface area contributed by atoms with Crippen LogP contribution >= 0.6 is 0 Å². The molecular weight excluding hydrogens is 168 g/mol. The fraction of sp³-hybridized carbons (Fsp3) is 0.900. The summed E-state index contributed by atoms with van der Waals surface area (Å²) in [5, 5.41) is 0. The van der Waals surface area contributed by atoms with Crippen molar-refractivity contribution in [3.8, 4) is 0 Å². The van der Waals surface area contributed by atoms with Gasteiger partial charge in [-0.25, -0.2) is 9.78 Å². The Hall–Kier alpha value is -0.410. The van der Waals surface area contributed by atoms with E-state index in [1.54, 1.807) is 0 Å². The van der Waals surface area contributed by atoms with E-state index in [9.17, 15) is 4.79 Å². The van der Waals surface area contributed by atoms with Crippen LogP contribution in [0.1, 0.15) is 32.6 Å². The van der Waals surface area contributed by atoms with E-state index >= 15 is 0 Å². The standard InChI is InChI=1S/C10H18O3/c1-2-12-13-8-10-6-4-3-5-9(10)7-11/h7,9-10H,2-6,8H2,1H3. The lowest BCUT2D eigenvalue weighted by atomic mass is 9.81. The van der Waals surface area contributed by atoms with Crippen molar-refractivity contribution in [1.82, 2.24) is 0 Å². The van der Waals surface area contributed by atoms with E-state index in [1.807, 2.05) is 6.92 Å². The Balaban J connectivity index is 2.23. The third-order valence-electron chi connectivity index (χ3n) is 2.63. The first-order valence-corrected chi connectivity index (χ1v) is 5.08. The molecule has 0 radical (unpaired) electrons. The minimum Gasteiger partial charge on any atom is -0.303 e. The van der Waals surface area contributed by atoms with Crippen LogP contribution in [0.5, 0.6) is 0 Å². The Kier molecular flexibility index (Phi) is 5.01. The first-order valence-electron chi connectivity index (χ1n) is 5.08. The molecule has 0 saturated heterocycles. The summed E-state index contributed by atoms with van der Waals surface area (Å²) in [5.74, 6) is 0.562. The zero-order valence-electron chi connectivity index (χ0n) is 8.20. The minimum atomic E-state index is 0.189. The Morgan fingerprint density at radius 1 is 1.31 bits per heavy atom. The highest BCUT2D eigenvalue weighted by molar-refractivity contribution is 5.54. The highest BCUT2D eigenvalue weighted by Crippen LogP contribution is 2.28. The number of carbonyl (C=O) groups is 1. The van der Waals surface area contributed by atoms with E-state index in [1.165, 1.54) is 12.8 Å². The Morgan fingerprint density at radius 3 is 2.77 bits per heavy atom. The Bertz CT molecular complexity index is 147. The molecule has 2 unspecified atom stereocenters. The number of aldehydes is 1. The molecule has 1 rings (SSSR count). The summed E-state index contributed by atoms with van der Waals surface area (Å²) in [7, 11) is 0. The molecule has 0 aliphatic heterocycles. The lowest BCUT2D eigenvalue weighted by Gasteiger charge is -2.26. The maximum absolute atomic E-state index is 10.7. The van der Waals surface area contributed by atoms with Crippen LogP contribution in [0.15, 0.2) is 0 Å². The molecule has 2 atom stereocenters. The van der Waals surface area contributed by atoms with Gasteiger partial charge >= 0.3 is 0 Å². The van der Waals surface area contributed by atoms with Gasteiger partial charge in [-0.05, 0) is 25.7 Å². The molecule has 3 heteroatoms. The molecule has 1 fully saturated rings. The highest BCUT2D eigenvalue weighted by Gasteiger charge is 2.24. The van der Waals surface area contributed by atoms with E-state index in [0.717, 1.165) is 19.1 Å². The first-order chi connectivity index (χ1) is 6.38. The molecule has 0 spiro atoms. The van der Waals surface area contributed by atoms with Crippen LogP contribution in [0.2, 0.25) is 0 Å². The van der Waals surface area contributed by atoms with Gasteiger partial charge in [0.05, 0.1) is 13.2 Å². The predicted octanol–water partition coefficient (Wildman–Crippen LogP) is 1.96. The van der Waals surface area contributed by atoms with Crippen LogP contribution in [0.4, 0.5) is 0 Å². The quantitative estimate of drug-likeness (QED) is 0.285. The van der Waals surface area contributed by atoms with Crippen molar-refractivity contribution in [1.29, 1.82) is 0 Å². The van der Waals surface area contributed by atoms with Crippen molar-refractivity contribution in [2.75, 3.05) is 13.2 Å². The summed E-state index contributed by atoms with van der Waals surface area (Å²) in [6.07, 6.45) is 5.57. The van der Waals surface area contributed by atoms with Crippen molar-refractivity contribution >= 4 is 6.29 Å². The monoisotopic (exact) mass is 186 g/mol. The number of rotatable bonds is 5. The van der Waals surface area contributed by atoms with Gasteiger partial charge in [0.25, 0.3) is 0 Å². The molecule has 0 aromatic carbocycles. The van der Waals surface area contributed by atoms with E-state index in [0.29, 0.717) is 19.1 Å². The Morgan fingerprint density at radius 2 is 2.08 bits per heavy atom. The average Bonchev–Trinajstić information content (AvgIpc) is 2.19. The van der Waals surface area contributed by atoms with Crippen LogP contribution in [0.25, 0.3) is 0 Å². The molecule has 0 amide bonds. The second-order valence-electron chi connectivity index (χ2n) is 3.54. The fourth-order valence-electron chi connectivity index (χ4n) is 1.84. The van der Waals surface area contributed by atoms with Crippen LogP contribution in [-0.2, 0) is 14.6 Å². The van der Waals surface area contributed by atoms with Gasteiger partial charge in [-0.3, -0.25) is 0 Å². The maximum Gasteiger partial charge on any atom is 0.123 e. The van der Waals surface area contributed by atoms with Crippen molar-refractivity contribution in [2.45, 2.75) is 32.6 Å². The number of carbonyl (C=O) groups excluding carboxylic acids is 1. The summed E-state index contributed by atoms with van der Waals surface area (Å²) >= 11 is 0. The van der Waals surface area contributed by atoms with Gasteiger partial charge in [0.2, 0.25) is 0 Å². The molecule has 1 saturated carbocycles. The normalized spacial score (nSPS) is 28.7. The predicted molar refractivity (Wildman–Crippen MR) is 49.1 cm³/mol. The number of hydrogen-bond acceptors (Lipinski definition) is 3. The zero-order valence-corrected chi connectivity index (χ0v) is 8.20. The third kappa shape index (κ3) is 3.44. The van der Waals surface area contributed by atoms with Gasteiger partial charge in [-0.2, -0.15) is 0 Å². The molecule has 1 aliphatic rings. The van der Waals surface area contributed by atoms with Gasteiger partial charge in [0.1, 0.15) is 6.29 Å². The summed E-state index contributed by atoms with van der Waals surface area (Å²) < 4.78 is 0. The van der Waals surface area contributed by atoms with Crippen LogP contribution in [0, 0.1) is 11.8 Å². The molecule has 0 aromatic heterocycles. The van der Waals surface area contributed by atoms with Gasteiger partial charge in [0.15, 0.2) is 0 Å². The van der Waals surface area contributed by atoms with Crippen LogP contribution in [0.3, 0.4) is 0 Å². The summed E-state index contributed by atoms with van der Waals surface area (Å²) in [6.45, 7) is 3.02. The SMILES string of the molecule is CCOOCC1CCCCC1C=O. The molecular formula is C10H18O3. The van der Waals surface area contributed by atoms with E-state index < -0.39 is 0 Å².